The maximum atomic E-state index is 10.8. The molecule has 2 N–H and O–H groups in total. The van der Waals surface area contributed by atoms with Gasteiger partial charge in [-0.1, -0.05) is 20.4 Å². The molecule has 0 aliphatic heterocycles. The topological polar surface area (TPSA) is 75.1 Å². The predicted molar refractivity (Wildman–Crippen MR) is 64.3 cm³/mol. The van der Waals surface area contributed by atoms with Crippen LogP contribution in [0, 0.1) is 0 Å². The summed E-state index contributed by atoms with van der Waals surface area (Å²) in [5, 5.41) is 15.7. The number of aromatic carboxylic acids is 1. The van der Waals surface area contributed by atoms with E-state index in [2.05, 4.69) is 30.8 Å². The van der Waals surface area contributed by atoms with Gasteiger partial charge in [0.05, 0.1) is 0 Å². The summed E-state index contributed by atoms with van der Waals surface area (Å²) in [6, 6.07) is 7.37. The molecule has 0 atom stereocenters. The van der Waals surface area contributed by atoms with Crippen LogP contribution in [0.15, 0.2) is 28.7 Å². The van der Waals surface area contributed by atoms with Crippen molar-refractivity contribution >= 4 is 44.1 Å². The number of carboxylic acids is 1. The Morgan fingerprint density at radius 2 is 2.06 bits per heavy atom. The molecule has 5 nitrogen and oxygen atoms in total. The summed E-state index contributed by atoms with van der Waals surface area (Å²) in [7, 11) is 0. The van der Waals surface area contributed by atoms with Crippen molar-refractivity contribution in [3.05, 3.63) is 34.4 Å². The van der Waals surface area contributed by atoms with E-state index in [9.17, 15) is 4.79 Å². The molecule has 0 unspecified atom stereocenters. The minimum Gasteiger partial charge on any atom is -0.476 e. The first-order valence-corrected chi connectivity index (χ1v) is 5.81. The molecular weight excluding hydrogens is 294 g/mol. The van der Waals surface area contributed by atoms with E-state index in [1.54, 1.807) is 0 Å². The van der Waals surface area contributed by atoms with Gasteiger partial charge in [-0.3, -0.25) is 0 Å². The van der Waals surface area contributed by atoms with E-state index in [1.165, 1.54) is 0 Å². The third-order valence-corrected chi connectivity index (χ3v) is 2.96. The van der Waals surface area contributed by atoms with Gasteiger partial charge in [0.1, 0.15) is 5.00 Å². The largest absolute Gasteiger partial charge is 0.476 e. The summed E-state index contributed by atoms with van der Waals surface area (Å²) in [5.74, 6) is -1.09. The summed E-state index contributed by atoms with van der Waals surface area (Å²) in [4.78, 5) is 10.8. The van der Waals surface area contributed by atoms with Gasteiger partial charge in [-0.25, -0.2) is 4.79 Å². The highest BCUT2D eigenvalue weighted by Gasteiger charge is 2.14. The standard InChI is InChI=1S/C9H6BrN3O2S/c10-5-1-3-6(4-2-5)11-8-7(9(14)15)12-13-16-8/h1-4,11H,(H,14,15). The Morgan fingerprint density at radius 1 is 1.38 bits per heavy atom. The lowest BCUT2D eigenvalue weighted by molar-refractivity contribution is 0.0691. The average Bonchev–Trinajstić information content (AvgIpc) is 2.69. The summed E-state index contributed by atoms with van der Waals surface area (Å²) in [6.07, 6.45) is 0. The van der Waals surface area contributed by atoms with Gasteiger partial charge in [0.25, 0.3) is 0 Å². The number of hydrogen-bond donors (Lipinski definition) is 2. The fourth-order valence-electron chi connectivity index (χ4n) is 1.08. The van der Waals surface area contributed by atoms with Crippen LogP contribution in [0.25, 0.3) is 0 Å². The van der Waals surface area contributed by atoms with Crippen molar-refractivity contribution in [2.45, 2.75) is 0 Å². The molecule has 0 spiro atoms. The van der Waals surface area contributed by atoms with Crippen LogP contribution in [0.5, 0.6) is 0 Å². The van der Waals surface area contributed by atoms with Crippen LogP contribution in [0.2, 0.25) is 0 Å². The second-order valence-corrected chi connectivity index (χ2v) is 4.56. The number of aromatic nitrogens is 2. The molecule has 82 valence electrons. The van der Waals surface area contributed by atoms with Crippen molar-refractivity contribution in [2.75, 3.05) is 5.32 Å². The molecule has 16 heavy (non-hydrogen) atoms. The number of nitrogens with one attached hydrogen (secondary N) is 1. The fraction of sp³-hybridized carbons (Fsp3) is 0. The molecule has 0 radical (unpaired) electrons. The molecule has 1 aromatic carbocycles. The SMILES string of the molecule is O=C(O)c1nnsc1Nc1ccc(Br)cc1. The van der Waals surface area contributed by atoms with E-state index in [1.807, 2.05) is 24.3 Å². The molecule has 7 heteroatoms. The van der Waals surface area contributed by atoms with Crippen LogP contribution in [-0.2, 0) is 0 Å². The maximum absolute atomic E-state index is 10.8. The number of carbonyl (C=O) groups is 1. The number of anilines is 2. The number of benzene rings is 1. The first kappa shape index (κ1) is 11.0. The first-order chi connectivity index (χ1) is 7.66. The lowest BCUT2D eigenvalue weighted by Gasteiger charge is -2.03. The van der Waals surface area contributed by atoms with E-state index in [-0.39, 0.29) is 5.69 Å². The van der Waals surface area contributed by atoms with E-state index in [4.69, 9.17) is 5.11 Å². The highest BCUT2D eigenvalue weighted by Crippen LogP contribution is 2.24. The predicted octanol–water partition coefficient (Wildman–Crippen LogP) is 2.74. The molecule has 0 saturated heterocycles. The van der Waals surface area contributed by atoms with E-state index in [0.717, 1.165) is 21.7 Å². The fourth-order valence-corrected chi connectivity index (χ4v) is 1.92. The van der Waals surface area contributed by atoms with Crippen molar-refractivity contribution in [3.63, 3.8) is 0 Å². The van der Waals surface area contributed by atoms with Gasteiger partial charge in [0.15, 0.2) is 0 Å². The molecule has 1 heterocycles. The monoisotopic (exact) mass is 299 g/mol. The summed E-state index contributed by atoms with van der Waals surface area (Å²) in [5.41, 5.74) is 0.727. The van der Waals surface area contributed by atoms with Crippen molar-refractivity contribution in [3.8, 4) is 0 Å². The number of hydrogen-bond acceptors (Lipinski definition) is 5. The van der Waals surface area contributed by atoms with Crippen molar-refractivity contribution in [1.29, 1.82) is 0 Å². The van der Waals surface area contributed by atoms with Crippen molar-refractivity contribution in [1.82, 2.24) is 9.59 Å². The number of rotatable bonds is 3. The molecule has 0 aliphatic rings. The Hall–Kier alpha value is -1.47. The van der Waals surface area contributed by atoms with Crippen molar-refractivity contribution < 1.29 is 9.90 Å². The first-order valence-electron chi connectivity index (χ1n) is 4.25. The maximum Gasteiger partial charge on any atom is 0.359 e. The second kappa shape index (κ2) is 4.58. The molecule has 2 rings (SSSR count). The molecular formula is C9H6BrN3O2S. The van der Waals surface area contributed by atoms with Gasteiger partial charge in [-0.15, -0.1) is 5.10 Å². The minimum atomic E-state index is -1.09. The van der Waals surface area contributed by atoms with Gasteiger partial charge >= 0.3 is 5.97 Å². The highest BCUT2D eigenvalue weighted by atomic mass is 79.9. The van der Waals surface area contributed by atoms with Crippen LogP contribution < -0.4 is 5.32 Å². The van der Waals surface area contributed by atoms with Crippen LogP contribution >= 0.6 is 27.5 Å². The molecule has 0 fully saturated rings. The van der Waals surface area contributed by atoms with Crippen LogP contribution in [0.3, 0.4) is 0 Å². The van der Waals surface area contributed by atoms with Crippen LogP contribution in [-0.4, -0.2) is 20.7 Å². The highest BCUT2D eigenvalue weighted by molar-refractivity contribution is 9.10. The van der Waals surface area contributed by atoms with Gasteiger partial charge in [0, 0.05) is 21.7 Å². The van der Waals surface area contributed by atoms with E-state index in [0.29, 0.717) is 5.00 Å². The zero-order valence-electron chi connectivity index (χ0n) is 7.85. The molecule has 2 aromatic rings. The molecule has 0 aliphatic carbocycles. The summed E-state index contributed by atoms with van der Waals surface area (Å²) >= 11 is 4.33. The lowest BCUT2D eigenvalue weighted by Crippen LogP contribution is -2.01. The Morgan fingerprint density at radius 3 is 2.69 bits per heavy atom. The van der Waals surface area contributed by atoms with Gasteiger partial charge < -0.3 is 10.4 Å². The Labute approximate surface area is 103 Å². The normalized spacial score (nSPS) is 10.1. The zero-order chi connectivity index (χ0) is 11.5. The Kier molecular flexibility index (Phi) is 3.16. The third-order valence-electron chi connectivity index (χ3n) is 1.79. The molecule has 0 bridgehead atoms. The zero-order valence-corrected chi connectivity index (χ0v) is 10.2. The second-order valence-electron chi connectivity index (χ2n) is 2.89. The summed E-state index contributed by atoms with van der Waals surface area (Å²) < 4.78 is 4.55. The molecule has 0 amide bonds. The van der Waals surface area contributed by atoms with Crippen LogP contribution in [0.1, 0.15) is 10.5 Å². The van der Waals surface area contributed by atoms with Gasteiger partial charge in [-0.2, -0.15) is 0 Å². The number of halogens is 1. The third kappa shape index (κ3) is 2.37. The smallest absolute Gasteiger partial charge is 0.359 e. The Balaban J connectivity index is 2.23. The summed E-state index contributed by atoms with van der Waals surface area (Å²) in [6.45, 7) is 0. The van der Waals surface area contributed by atoms with E-state index < -0.39 is 5.97 Å². The van der Waals surface area contributed by atoms with Gasteiger partial charge in [0.2, 0.25) is 5.69 Å². The average molecular weight is 300 g/mol. The minimum absolute atomic E-state index is 0.0621. The van der Waals surface area contributed by atoms with E-state index >= 15 is 0 Å². The molecule has 1 aromatic heterocycles. The number of nitrogens with zero attached hydrogens (tertiary/aromatic N) is 2. The Bertz CT molecular complexity index is 512. The van der Waals surface area contributed by atoms with Gasteiger partial charge in [-0.05, 0) is 24.3 Å². The lowest BCUT2D eigenvalue weighted by atomic mass is 10.3. The van der Waals surface area contributed by atoms with Crippen LogP contribution in [0.4, 0.5) is 10.7 Å². The molecule has 0 saturated carbocycles. The number of carboxylic acid groups (broad SMARTS) is 1. The quantitative estimate of drug-likeness (QED) is 0.911. The van der Waals surface area contributed by atoms with Crippen molar-refractivity contribution in [2.24, 2.45) is 0 Å².